The minimum absolute atomic E-state index is 0.0983. The molecule has 112 valence electrons. The van der Waals surface area contributed by atoms with Gasteiger partial charge in [-0.05, 0) is 34.5 Å². The van der Waals surface area contributed by atoms with Gasteiger partial charge in [-0.2, -0.15) is 0 Å². The Kier molecular flexibility index (Phi) is 2.38. The molecule has 0 spiro atoms. The summed E-state index contributed by atoms with van der Waals surface area (Å²) >= 11 is 3.52. The van der Waals surface area contributed by atoms with Gasteiger partial charge in [0.15, 0.2) is 5.72 Å². The molecule has 4 rings (SSSR count). The second-order valence-electron chi connectivity index (χ2n) is 6.01. The van der Waals surface area contributed by atoms with E-state index in [2.05, 4.69) is 26.6 Å². The molecule has 3 heterocycles. The van der Waals surface area contributed by atoms with Gasteiger partial charge in [-0.3, -0.25) is 9.69 Å². The number of fused-ring (bicyclic) bond motifs is 5. The number of nitrogens with one attached hydrogen (secondary N) is 2. The number of aromatic nitrogens is 1. The summed E-state index contributed by atoms with van der Waals surface area (Å²) in [5.41, 5.74) is 0.277. The van der Waals surface area contributed by atoms with Crippen molar-refractivity contribution in [1.82, 2.24) is 20.1 Å². The first-order valence-electron chi connectivity index (χ1n) is 6.79. The molecule has 1 aromatic heterocycles. The summed E-state index contributed by atoms with van der Waals surface area (Å²) in [4.78, 5) is 25.4. The average molecular weight is 355 g/mol. The third kappa shape index (κ3) is 1.41. The Morgan fingerprint density at radius 3 is 2.86 bits per heavy atom. The first-order valence-corrected chi connectivity index (χ1v) is 7.59. The van der Waals surface area contributed by atoms with E-state index in [1.807, 2.05) is 17.6 Å². The Morgan fingerprint density at radius 2 is 2.14 bits per heavy atom. The minimum Gasteiger partial charge on any atom is -0.368 e. The van der Waals surface area contributed by atoms with Crippen LogP contribution in [0.15, 0.2) is 10.7 Å². The van der Waals surface area contributed by atoms with Crippen LogP contribution >= 0.6 is 15.9 Å². The molecule has 1 aromatic rings. The van der Waals surface area contributed by atoms with Gasteiger partial charge in [0, 0.05) is 13.5 Å². The van der Waals surface area contributed by atoms with E-state index in [-0.39, 0.29) is 24.0 Å². The highest BCUT2D eigenvalue weighted by molar-refractivity contribution is 9.10. The molecule has 1 saturated carbocycles. The number of carbonyl (C=O) groups excluding carboxylic acids is 2. The third-order valence-corrected chi connectivity index (χ3v) is 5.96. The Hall–Kier alpha value is -1.54. The molecule has 2 aliphatic heterocycles. The molecular weight excluding hydrogens is 340 g/mol. The van der Waals surface area contributed by atoms with E-state index in [0.29, 0.717) is 12.1 Å². The van der Waals surface area contributed by atoms with E-state index in [1.165, 1.54) is 4.90 Å². The first-order chi connectivity index (χ1) is 9.84. The molecule has 21 heavy (non-hydrogen) atoms. The van der Waals surface area contributed by atoms with Crippen molar-refractivity contribution in [2.75, 3.05) is 7.05 Å². The Bertz CT molecular complexity index is 687. The number of amides is 3. The molecule has 0 radical (unpaired) electrons. The third-order valence-electron chi connectivity index (χ3n) is 4.96. The number of likely N-dealkylation sites (N-methyl/N-ethyl adjacent to an activating group) is 1. The highest BCUT2D eigenvalue weighted by atomic mass is 79.9. The van der Waals surface area contributed by atoms with Gasteiger partial charge >= 0.3 is 6.03 Å². The van der Waals surface area contributed by atoms with Gasteiger partial charge in [0.25, 0.3) is 5.91 Å². The van der Waals surface area contributed by atoms with Crippen molar-refractivity contribution in [2.45, 2.75) is 37.2 Å². The summed E-state index contributed by atoms with van der Waals surface area (Å²) in [5, 5.41) is 16.6. The van der Waals surface area contributed by atoms with Crippen molar-refractivity contribution in [3.05, 3.63) is 21.9 Å². The Labute approximate surface area is 129 Å². The monoisotopic (exact) mass is 354 g/mol. The minimum atomic E-state index is -1.28. The summed E-state index contributed by atoms with van der Waals surface area (Å²) in [7, 11) is 1.57. The first kappa shape index (κ1) is 13.1. The van der Waals surface area contributed by atoms with E-state index in [9.17, 15) is 14.7 Å². The maximum Gasteiger partial charge on any atom is 0.319 e. The van der Waals surface area contributed by atoms with Crippen LogP contribution < -0.4 is 10.6 Å². The van der Waals surface area contributed by atoms with Crippen LogP contribution in [0, 0.1) is 6.92 Å². The normalized spacial score (nSPS) is 37.0. The molecule has 4 atom stereocenters. The fourth-order valence-corrected chi connectivity index (χ4v) is 4.38. The molecule has 0 bridgehead atoms. The van der Waals surface area contributed by atoms with Crippen LogP contribution in [0.3, 0.4) is 0 Å². The maximum atomic E-state index is 12.3. The molecule has 1 saturated heterocycles. The SMILES string of the molecule is Cc1cc2n(c1Br)[C@@H]1C[C@]3(O)[C@@H](NC(=O)N3C)[C@@H]1NC2=O. The number of hydrogen-bond acceptors (Lipinski definition) is 3. The second-order valence-corrected chi connectivity index (χ2v) is 6.76. The fourth-order valence-electron chi connectivity index (χ4n) is 3.81. The molecule has 2 fully saturated rings. The van der Waals surface area contributed by atoms with Gasteiger partial charge in [0.1, 0.15) is 11.7 Å². The van der Waals surface area contributed by atoms with Crippen LogP contribution in [-0.4, -0.2) is 51.4 Å². The number of aliphatic hydroxyl groups is 1. The van der Waals surface area contributed by atoms with Crippen molar-refractivity contribution in [2.24, 2.45) is 0 Å². The molecule has 1 aliphatic carbocycles. The van der Waals surface area contributed by atoms with Crippen molar-refractivity contribution in [1.29, 1.82) is 0 Å². The van der Waals surface area contributed by atoms with Crippen LogP contribution in [0.1, 0.15) is 28.5 Å². The summed E-state index contributed by atoms with van der Waals surface area (Å²) in [5.74, 6) is -0.182. The lowest BCUT2D eigenvalue weighted by Crippen LogP contribution is -2.56. The highest BCUT2D eigenvalue weighted by Crippen LogP contribution is 2.46. The van der Waals surface area contributed by atoms with Crippen molar-refractivity contribution >= 4 is 27.9 Å². The molecule has 8 heteroatoms. The van der Waals surface area contributed by atoms with E-state index >= 15 is 0 Å². The molecule has 7 nitrogen and oxygen atoms in total. The second kappa shape index (κ2) is 3.80. The summed E-state index contributed by atoms with van der Waals surface area (Å²) in [6, 6.07) is 0.581. The maximum absolute atomic E-state index is 12.3. The Balaban J connectivity index is 1.85. The number of halogens is 1. The zero-order valence-electron chi connectivity index (χ0n) is 11.6. The van der Waals surface area contributed by atoms with Gasteiger partial charge in [-0.1, -0.05) is 0 Å². The van der Waals surface area contributed by atoms with Gasteiger partial charge in [-0.25, -0.2) is 4.79 Å². The van der Waals surface area contributed by atoms with E-state index in [4.69, 9.17) is 0 Å². The number of urea groups is 1. The Morgan fingerprint density at radius 1 is 1.43 bits per heavy atom. The number of aryl methyl sites for hydroxylation is 1. The lowest BCUT2D eigenvalue weighted by molar-refractivity contribution is -0.0561. The quantitative estimate of drug-likeness (QED) is 0.627. The smallest absolute Gasteiger partial charge is 0.319 e. The summed E-state index contributed by atoms with van der Waals surface area (Å²) in [6.07, 6.45) is 0.373. The lowest BCUT2D eigenvalue weighted by Gasteiger charge is -2.32. The van der Waals surface area contributed by atoms with Crippen LogP contribution in [0.4, 0.5) is 4.79 Å². The molecule has 3 amide bonds. The molecule has 0 unspecified atom stereocenters. The molecule has 3 N–H and O–H groups in total. The fraction of sp³-hybridized carbons (Fsp3) is 0.538. The standard InChI is InChI=1S/C13H15BrN4O3/c1-5-3-6-11(19)15-8-7(18(6)10(5)14)4-13(21)9(8)16-12(20)17(13)2/h3,7-9,21H,4H2,1-2H3,(H,15,19)(H,16,20)/t7-,8-,9+,13+/m1/s1. The zero-order chi connectivity index (χ0) is 15.1. The van der Waals surface area contributed by atoms with E-state index < -0.39 is 11.8 Å². The van der Waals surface area contributed by atoms with Gasteiger partial charge in [0.2, 0.25) is 0 Å². The predicted octanol–water partition coefficient (Wildman–Crippen LogP) is 0.328. The van der Waals surface area contributed by atoms with Crippen molar-refractivity contribution in [3.8, 4) is 0 Å². The van der Waals surface area contributed by atoms with E-state index in [1.54, 1.807) is 7.05 Å². The topological polar surface area (TPSA) is 86.6 Å². The van der Waals surface area contributed by atoms with Crippen molar-refractivity contribution < 1.29 is 14.7 Å². The van der Waals surface area contributed by atoms with Gasteiger partial charge in [0.05, 0.1) is 16.7 Å². The van der Waals surface area contributed by atoms with E-state index in [0.717, 1.165) is 10.2 Å². The number of hydrogen-bond donors (Lipinski definition) is 3. The lowest BCUT2D eigenvalue weighted by atomic mass is 10.1. The van der Waals surface area contributed by atoms with Gasteiger partial charge in [-0.15, -0.1) is 0 Å². The molecule has 0 aromatic carbocycles. The van der Waals surface area contributed by atoms with Crippen LogP contribution in [-0.2, 0) is 0 Å². The van der Waals surface area contributed by atoms with Crippen LogP contribution in [0.5, 0.6) is 0 Å². The summed E-state index contributed by atoms with van der Waals surface area (Å²) in [6.45, 7) is 1.93. The largest absolute Gasteiger partial charge is 0.368 e. The molecule has 3 aliphatic rings. The zero-order valence-corrected chi connectivity index (χ0v) is 13.1. The average Bonchev–Trinajstić information content (AvgIpc) is 2.95. The van der Waals surface area contributed by atoms with Crippen LogP contribution in [0.2, 0.25) is 0 Å². The highest BCUT2D eigenvalue weighted by Gasteiger charge is 2.63. The number of rotatable bonds is 0. The number of carbonyl (C=O) groups is 2. The van der Waals surface area contributed by atoms with Gasteiger partial charge < -0.3 is 20.3 Å². The number of nitrogens with zero attached hydrogens (tertiary/aromatic N) is 2. The van der Waals surface area contributed by atoms with Crippen LogP contribution in [0.25, 0.3) is 0 Å². The molecular formula is C13H15BrN4O3. The van der Waals surface area contributed by atoms with Crippen molar-refractivity contribution in [3.63, 3.8) is 0 Å². The summed E-state index contributed by atoms with van der Waals surface area (Å²) < 4.78 is 2.77. The predicted molar refractivity (Wildman–Crippen MR) is 76.8 cm³/mol.